The zero-order chi connectivity index (χ0) is 20.8. The van der Waals surface area contributed by atoms with Gasteiger partial charge in [-0.1, -0.05) is 40.2 Å². The number of nitro groups is 1. The van der Waals surface area contributed by atoms with E-state index in [4.69, 9.17) is 4.74 Å². The standard InChI is InChI=1S/C22H14BrIN2O3/c23-19-6-9-22(29-14-15-4-7-20(24)8-5-15)17(11-19)10-18(13-25)16-2-1-3-21(12-16)26(27)28/h1-12H,14H2/b18-10-. The van der Waals surface area contributed by atoms with Crippen molar-refractivity contribution in [2.24, 2.45) is 0 Å². The minimum Gasteiger partial charge on any atom is -0.488 e. The molecule has 5 nitrogen and oxygen atoms in total. The van der Waals surface area contributed by atoms with Gasteiger partial charge in [0.2, 0.25) is 0 Å². The third kappa shape index (κ3) is 5.65. The Morgan fingerprint density at radius 1 is 1.17 bits per heavy atom. The Morgan fingerprint density at radius 2 is 1.93 bits per heavy atom. The highest BCUT2D eigenvalue weighted by molar-refractivity contribution is 14.1. The van der Waals surface area contributed by atoms with E-state index in [1.807, 2.05) is 42.5 Å². The SMILES string of the molecule is N#C/C(=C/c1cc(Br)ccc1OCc1ccc(I)cc1)c1cccc([N+](=O)[O-])c1. The van der Waals surface area contributed by atoms with Gasteiger partial charge in [-0.3, -0.25) is 10.1 Å². The van der Waals surface area contributed by atoms with Crippen LogP contribution in [-0.2, 0) is 6.61 Å². The molecule has 7 heteroatoms. The predicted molar refractivity (Wildman–Crippen MR) is 124 cm³/mol. The summed E-state index contributed by atoms with van der Waals surface area (Å²) in [6, 6.07) is 21.7. The van der Waals surface area contributed by atoms with Gasteiger partial charge < -0.3 is 4.74 Å². The zero-order valence-electron chi connectivity index (χ0n) is 15.0. The van der Waals surface area contributed by atoms with Crippen molar-refractivity contribution in [3.63, 3.8) is 0 Å². The first kappa shape index (κ1) is 21.0. The molecule has 29 heavy (non-hydrogen) atoms. The van der Waals surface area contributed by atoms with Gasteiger partial charge in [0.15, 0.2) is 0 Å². The van der Waals surface area contributed by atoms with E-state index in [2.05, 4.69) is 44.6 Å². The van der Waals surface area contributed by atoms with Gasteiger partial charge in [-0.25, -0.2) is 0 Å². The molecule has 0 aliphatic rings. The van der Waals surface area contributed by atoms with Gasteiger partial charge >= 0.3 is 0 Å². The Kier molecular flexibility index (Phi) is 7.01. The topological polar surface area (TPSA) is 76.2 Å². The molecule has 0 bridgehead atoms. The molecular formula is C22H14BrIN2O3. The van der Waals surface area contributed by atoms with Crippen molar-refractivity contribution < 1.29 is 9.66 Å². The molecule has 0 unspecified atom stereocenters. The number of rotatable bonds is 6. The second kappa shape index (κ2) is 9.67. The number of non-ortho nitro benzene ring substituents is 1. The van der Waals surface area contributed by atoms with E-state index in [-0.39, 0.29) is 5.69 Å². The maximum absolute atomic E-state index is 11.0. The fourth-order valence-corrected chi connectivity index (χ4v) is 3.37. The molecule has 0 atom stereocenters. The van der Waals surface area contributed by atoms with Crippen molar-refractivity contribution in [2.75, 3.05) is 0 Å². The normalized spacial score (nSPS) is 11.0. The molecule has 0 saturated heterocycles. The Morgan fingerprint density at radius 3 is 2.62 bits per heavy atom. The Balaban J connectivity index is 1.93. The van der Waals surface area contributed by atoms with E-state index >= 15 is 0 Å². The summed E-state index contributed by atoms with van der Waals surface area (Å²) in [6.07, 6.45) is 1.67. The van der Waals surface area contributed by atoms with Crippen LogP contribution >= 0.6 is 38.5 Å². The third-order valence-corrected chi connectivity index (χ3v) is 5.28. The van der Waals surface area contributed by atoms with Crippen LogP contribution in [0.3, 0.4) is 0 Å². The Labute approximate surface area is 190 Å². The van der Waals surface area contributed by atoms with Gasteiger partial charge in [-0.05, 0) is 70.1 Å². The number of nitrogens with zero attached hydrogens (tertiary/aromatic N) is 2. The van der Waals surface area contributed by atoms with Crippen LogP contribution in [-0.4, -0.2) is 4.92 Å². The lowest BCUT2D eigenvalue weighted by molar-refractivity contribution is -0.384. The van der Waals surface area contributed by atoms with Crippen molar-refractivity contribution in [2.45, 2.75) is 6.61 Å². The Hall–Kier alpha value is -2.70. The summed E-state index contributed by atoms with van der Waals surface area (Å²) in [5.74, 6) is 0.616. The highest BCUT2D eigenvalue weighted by atomic mass is 127. The summed E-state index contributed by atoms with van der Waals surface area (Å²) < 4.78 is 7.96. The van der Waals surface area contributed by atoms with Crippen molar-refractivity contribution >= 4 is 55.9 Å². The molecule has 0 aromatic heterocycles. The number of allylic oxidation sites excluding steroid dienone is 1. The number of ether oxygens (including phenoxy) is 1. The molecule has 0 fully saturated rings. The monoisotopic (exact) mass is 560 g/mol. The lowest BCUT2D eigenvalue weighted by atomic mass is 10.0. The summed E-state index contributed by atoms with van der Waals surface area (Å²) in [5, 5.41) is 20.7. The van der Waals surface area contributed by atoms with Gasteiger partial charge in [-0.2, -0.15) is 5.26 Å². The van der Waals surface area contributed by atoms with E-state index in [1.54, 1.807) is 18.2 Å². The minimum absolute atomic E-state index is 0.0620. The summed E-state index contributed by atoms with van der Waals surface area (Å²) in [4.78, 5) is 10.6. The van der Waals surface area contributed by atoms with Gasteiger partial charge in [0.05, 0.1) is 16.6 Å². The fraction of sp³-hybridized carbons (Fsp3) is 0.0455. The summed E-state index contributed by atoms with van der Waals surface area (Å²) >= 11 is 5.69. The minimum atomic E-state index is -0.479. The van der Waals surface area contributed by atoms with E-state index in [0.29, 0.717) is 29.1 Å². The summed E-state index contributed by atoms with van der Waals surface area (Å²) in [6.45, 7) is 0.387. The molecular weight excluding hydrogens is 547 g/mol. The highest BCUT2D eigenvalue weighted by Gasteiger charge is 2.11. The van der Waals surface area contributed by atoms with Gasteiger partial charge in [0.1, 0.15) is 12.4 Å². The first-order valence-corrected chi connectivity index (χ1v) is 10.4. The van der Waals surface area contributed by atoms with Gasteiger partial charge in [0.25, 0.3) is 5.69 Å². The van der Waals surface area contributed by atoms with E-state index < -0.39 is 4.92 Å². The van der Waals surface area contributed by atoms with Crippen LogP contribution in [0.4, 0.5) is 5.69 Å². The van der Waals surface area contributed by atoms with Gasteiger partial charge in [0, 0.05) is 25.7 Å². The molecule has 0 heterocycles. The zero-order valence-corrected chi connectivity index (χ0v) is 18.8. The quantitative estimate of drug-likeness (QED) is 0.112. The van der Waals surface area contributed by atoms with E-state index in [9.17, 15) is 15.4 Å². The average Bonchev–Trinajstić information content (AvgIpc) is 2.72. The maximum atomic E-state index is 11.0. The lowest BCUT2D eigenvalue weighted by Gasteiger charge is -2.11. The number of benzene rings is 3. The molecule has 3 rings (SSSR count). The Bertz CT molecular complexity index is 1120. The molecule has 144 valence electrons. The first-order valence-electron chi connectivity index (χ1n) is 8.49. The van der Waals surface area contributed by atoms with Crippen molar-refractivity contribution in [3.8, 4) is 11.8 Å². The van der Waals surface area contributed by atoms with Crippen molar-refractivity contribution in [1.82, 2.24) is 0 Å². The molecule has 0 radical (unpaired) electrons. The van der Waals surface area contributed by atoms with Crippen molar-refractivity contribution in [3.05, 3.63) is 102 Å². The van der Waals surface area contributed by atoms with E-state index in [1.165, 1.54) is 12.1 Å². The highest BCUT2D eigenvalue weighted by Crippen LogP contribution is 2.29. The molecule has 3 aromatic rings. The summed E-state index contributed by atoms with van der Waals surface area (Å²) in [7, 11) is 0. The van der Waals surface area contributed by atoms with Crippen LogP contribution in [0.25, 0.3) is 11.6 Å². The number of nitro benzene ring substituents is 1. The van der Waals surface area contributed by atoms with E-state index in [0.717, 1.165) is 13.6 Å². The van der Waals surface area contributed by atoms with Crippen LogP contribution in [0.5, 0.6) is 5.75 Å². The number of nitriles is 1. The molecule has 0 saturated carbocycles. The smallest absolute Gasteiger partial charge is 0.270 e. The largest absolute Gasteiger partial charge is 0.488 e. The first-order chi connectivity index (χ1) is 14.0. The molecule has 0 aliphatic heterocycles. The van der Waals surface area contributed by atoms with Crippen LogP contribution in [0, 0.1) is 25.0 Å². The third-order valence-electron chi connectivity index (χ3n) is 4.07. The van der Waals surface area contributed by atoms with Crippen LogP contribution in [0.2, 0.25) is 0 Å². The second-order valence-electron chi connectivity index (χ2n) is 6.07. The number of halogens is 2. The molecule has 0 aliphatic carbocycles. The fourth-order valence-electron chi connectivity index (χ4n) is 2.63. The number of hydrogen-bond donors (Lipinski definition) is 0. The van der Waals surface area contributed by atoms with Crippen LogP contribution in [0.1, 0.15) is 16.7 Å². The molecule has 0 amide bonds. The number of hydrogen-bond acceptors (Lipinski definition) is 4. The average molecular weight is 561 g/mol. The van der Waals surface area contributed by atoms with Crippen LogP contribution in [0.15, 0.2) is 71.2 Å². The van der Waals surface area contributed by atoms with Gasteiger partial charge in [-0.15, -0.1) is 0 Å². The second-order valence-corrected chi connectivity index (χ2v) is 8.24. The molecule has 0 N–H and O–H groups in total. The molecule has 3 aromatic carbocycles. The molecule has 0 spiro atoms. The van der Waals surface area contributed by atoms with Crippen LogP contribution < -0.4 is 4.74 Å². The maximum Gasteiger partial charge on any atom is 0.270 e. The van der Waals surface area contributed by atoms with Crippen molar-refractivity contribution in [1.29, 1.82) is 5.26 Å². The summed E-state index contributed by atoms with van der Waals surface area (Å²) in [5.41, 5.74) is 2.46. The lowest BCUT2D eigenvalue weighted by Crippen LogP contribution is -1.97. The predicted octanol–water partition coefficient (Wildman–Crippen LogP) is 6.61.